The molecule has 0 spiro atoms. The molecule has 0 aromatic heterocycles. The number of rotatable bonds is 2. The van der Waals surface area contributed by atoms with Gasteiger partial charge >= 0.3 is 0 Å². The molecule has 1 N–H and O–H groups in total. The van der Waals surface area contributed by atoms with Crippen LogP contribution in [0.25, 0.3) is 0 Å². The smallest absolute Gasteiger partial charge is 0.244 e. The standard InChI is InChI=1S/C13H17Cl2NO3S/c1-8-6-11(14)9(2)13(12(8)15)20(18,19)16-5-3-4-10(17)7-16/h6,10,17H,3-5,7H2,1-2H3/t10-/m0/s1. The Kier molecular flexibility index (Phi) is 4.66. The summed E-state index contributed by atoms with van der Waals surface area (Å²) >= 11 is 12.3. The SMILES string of the molecule is Cc1cc(Cl)c(C)c(S(=O)(=O)N2CCC[C@H](O)C2)c1Cl. The summed E-state index contributed by atoms with van der Waals surface area (Å²) in [6, 6.07) is 1.66. The lowest BCUT2D eigenvalue weighted by Crippen LogP contribution is -2.42. The Hall–Kier alpha value is -0.330. The van der Waals surface area contributed by atoms with E-state index in [0.717, 1.165) is 0 Å². The molecule has 1 fully saturated rings. The number of nitrogens with zero attached hydrogens (tertiary/aromatic N) is 1. The average Bonchev–Trinajstić information content (AvgIpc) is 2.36. The zero-order valence-corrected chi connectivity index (χ0v) is 13.7. The molecule has 0 bridgehead atoms. The zero-order chi connectivity index (χ0) is 15.1. The molecule has 1 aromatic rings. The first-order valence-corrected chi connectivity index (χ1v) is 8.58. The summed E-state index contributed by atoms with van der Waals surface area (Å²) in [5, 5.41) is 10.3. The van der Waals surface area contributed by atoms with Crippen LogP contribution in [-0.2, 0) is 10.0 Å². The van der Waals surface area contributed by atoms with Crippen molar-refractivity contribution in [1.82, 2.24) is 4.31 Å². The summed E-state index contributed by atoms with van der Waals surface area (Å²) in [7, 11) is -3.74. The molecule has 0 amide bonds. The van der Waals surface area contributed by atoms with Crippen LogP contribution in [0.15, 0.2) is 11.0 Å². The zero-order valence-electron chi connectivity index (χ0n) is 11.4. The van der Waals surface area contributed by atoms with Gasteiger partial charge in [0.2, 0.25) is 10.0 Å². The van der Waals surface area contributed by atoms with Crippen LogP contribution in [0.3, 0.4) is 0 Å². The summed E-state index contributed by atoms with van der Waals surface area (Å²) < 4.78 is 26.8. The van der Waals surface area contributed by atoms with Gasteiger partial charge in [0, 0.05) is 18.1 Å². The second-order valence-corrected chi connectivity index (χ2v) is 7.76. The van der Waals surface area contributed by atoms with E-state index in [4.69, 9.17) is 23.2 Å². The van der Waals surface area contributed by atoms with Crippen molar-refractivity contribution in [3.8, 4) is 0 Å². The minimum absolute atomic E-state index is 0.0540. The van der Waals surface area contributed by atoms with Gasteiger partial charge in [0.15, 0.2) is 0 Å². The van der Waals surface area contributed by atoms with Gasteiger partial charge in [-0.1, -0.05) is 23.2 Å². The highest BCUT2D eigenvalue weighted by molar-refractivity contribution is 7.89. The van der Waals surface area contributed by atoms with Crippen LogP contribution in [0.5, 0.6) is 0 Å². The number of halogens is 2. The highest BCUT2D eigenvalue weighted by atomic mass is 35.5. The van der Waals surface area contributed by atoms with Gasteiger partial charge in [-0.05, 0) is 43.9 Å². The minimum Gasteiger partial charge on any atom is -0.392 e. The molecule has 0 unspecified atom stereocenters. The lowest BCUT2D eigenvalue weighted by molar-refractivity contribution is 0.108. The van der Waals surface area contributed by atoms with E-state index in [1.807, 2.05) is 0 Å². The van der Waals surface area contributed by atoms with Crippen LogP contribution in [-0.4, -0.2) is 37.0 Å². The molecule has 7 heteroatoms. The third-order valence-electron chi connectivity index (χ3n) is 3.54. The molecule has 1 aromatic carbocycles. The molecule has 1 saturated heterocycles. The molecule has 2 rings (SSSR count). The Bertz CT molecular complexity index is 605. The van der Waals surface area contributed by atoms with Gasteiger partial charge < -0.3 is 5.11 Å². The highest BCUT2D eigenvalue weighted by Gasteiger charge is 2.33. The Labute approximate surface area is 129 Å². The second-order valence-electron chi connectivity index (χ2n) is 5.10. The van der Waals surface area contributed by atoms with E-state index in [0.29, 0.717) is 35.5 Å². The lowest BCUT2D eigenvalue weighted by Gasteiger charge is -2.30. The molecule has 1 aliphatic heterocycles. The summed E-state index contributed by atoms with van der Waals surface area (Å²) in [5.74, 6) is 0. The van der Waals surface area contributed by atoms with Gasteiger partial charge in [-0.3, -0.25) is 0 Å². The van der Waals surface area contributed by atoms with Crippen LogP contribution in [0.1, 0.15) is 24.0 Å². The van der Waals surface area contributed by atoms with Crippen LogP contribution in [0.4, 0.5) is 0 Å². The maximum absolute atomic E-state index is 12.8. The van der Waals surface area contributed by atoms with Crippen LogP contribution < -0.4 is 0 Å². The fraction of sp³-hybridized carbons (Fsp3) is 0.538. The van der Waals surface area contributed by atoms with Gasteiger partial charge in [0.25, 0.3) is 0 Å². The number of β-amino-alcohol motifs (C(OH)–C–C–N with tert-alkyl or cyclic N) is 1. The van der Waals surface area contributed by atoms with Gasteiger partial charge in [-0.25, -0.2) is 8.42 Å². The van der Waals surface area contributed by atoms with Gasteiger partial charge in [-0.15, -0.1) is 0 Å². The summed E-state index contributed by atoms with van der Waals surface area (Å²) in [6.07, 6.45) is 0.627. The first-order valence-electron chi connectivity index (χ1n) is 6.38. The van der Waals surface area contributed by atoms with Crippen LogP contribution in [0, 0.1) is 13.8 Å². The summed E-state index contributed by atoms with van der Waals surface area (Å²) in [5.41, 5.74) is 1.07. The Morgan fingerprint density at radius 2 is 2.00 bits per heavy atom. The van der Waals surface area contributed by atoms with Crippen molar-refractivity contribution in [3.63, 3.8) is 0 Å². The van der Waals surface area contributed by atoms with Crippen molar-refractivity contribution in [1.29, 1.82) is 0 Å². The fourth-order valence-electron chi connectivity index (χ4n) is 2.39. The molecule has 20 heavy (non-hydrogen) atoms. The van der Waals surface area contributed by atoms with E-state index >= 15 is 0 Å². The van der Waals surface area contributed by atoms with E-state index in [1.54, 1.807) is 19.9 Å². The summed E-state index contributed by atoms with van der Waals surface area (Å²) in [6.45, 7) is 3.85. The molecule has 1 heterocycles. The predicted molar refractivity (Wildman–Crippen MR) is 79.9 cm³/mol. The Morgan fingerprint density at radius 3 is 2.60 bits per heavy atom. The molecule has 1 aliphatic rings. The number of piperidine rings is 1. The number of aryl methyl sites for hydroxylation is 1. The maximum atomic E-state index is 12.8. The third kappa shape index (κ3) is 2.83. The summed E-state index contributed by atoms with van der Waals surface area (Å²) in [4.78, 5) is 0.0540. The largest absolute Gasteiger partial charge is 0.392 e. The van der Waals surface area contributed by atoms with Gasteiger partial charge in [0.05, 0.1) is 11.1 Å². The molecule has 1 atom stereocenters. The molecule has 112 valence electrons. The van der Waals surface area contributed by atoms with Crippen molar-refractivity contribution < 1.29 is 13.5 Å². The molecule has 0 aliphatic carbocycles. The first-order chi connectivity index (χ1) is 9.25. The fourth-order valence-corrected chi connectivity index (χ4v) is 5.07. The van der Waals surface area contributed by atoms with E-state index in [1.165, 1.54) is 4.31 Å². The predicted octanol–water partition coefficient (Wildman–Crippen LogP) is 2.76. The average molecular weight is 338 g/mol. The number of hydrogen-bond acceptors (Lipinski definition) is 3. The Balaban J connectivity index is 2.55. The van der Waals surface area contributed by atoms with Crippen molar-refractivity contribution in [2.45, 2.75) is 37.7 Å². The van der Waals surface area contributed by atoms with Crippen molar-refractivity contribution in [2.75, 3.05) is 13.1 Å². The number of aliphatic hydroxyl groups is 1. The topological polar surface area (TPSA) is 57.6 Å². The molecule has 4 nitrogen and oxygen atoms in total. The normalized spacial score (nSPS) is 21.1. The third-order valence-corrected chi connectivity index (χ3v) is 6.57. The molecule has 0 radical (unpaired) electrons. The van der Waals surface area contributed by atoms with Crippen molar-refractivity contribution in [3.05, 3.63) is 27.2 Å². The second kappa shape index (κ2) is 5.81. The quantitative estimate of drug-likeness (QED) is 0.902. The number of aliphatic hydroxyl groups excluding tert-OH is 1. The van der Waals surface area contributed by atoms with Crippen molar-refractivity contribution in [2.24, 2.45) is 0 Å². The van der Waals surface area contributed by atoms with Gasteiger partial charge in [0.1, 0.15) is 4.90 Å². The monoisotopic (exact) mass is 337 g/mol. The van der Waals surface area contributed by atoms with Crippen LogP contribution >= 0.6 is 23.2 Å². The van der Waals surface area contributed by atoms with E-state index in [-0.39, 0.29) is 16.5 Å². The molecular weight excluding hydrogens is 321 g/mol. The highest BCUT2D eigenvalue weighted by Crippen LogP contribution is 2.35. The number of sulfonamides is 1. The van der Waals surface area contributed by atoms with E-state index < -0.39 is 16.1 Å². The first kappa shape index (κ1) is 16.0. The maximum Gasteiger partial charge on any atom is 0.244 e. The number of benzene rings is 1. The lowest BCUT2D eigenvalue weighted by atomic mass is 10.1. The van der Waals surface area contributed by atoms with E-state index in [9.17, 15) is 13.5 Å². The van der Waals surface area contributed by atoms with E-state index in [2.05, 4.69) is 0 Å². The van der Waals surface area contributed by atoms with Gasteiger partial charge in [-0.2, -0.15) is 4.31 Å². The van der Waals surface area contributed by atoms with Crippen LogP contribution in [0.2, 0.25) is 10.0 Å². The minimum atomic E-state index is -3.74. The molecular formula is C13H17Cl2NO3S. The molecule has 0 saturated carbocycles. The number of hydrogen-bond donors (Lipinski definition) is 1. The Morgan fingerprint density at radius 1 is 1.35 bits per heavy atom. The van der Waals surface area contributed by atoms with Crippen molar-refractivity contribution >= 4 is 33.2 Å².